The smallest absolute Gasteiger partial charge is 0.316 e. The second-order valence-corrected chi connectivity index (χ2v) is 1.34. The molecular formula is H8BKMgO4S. The summed E-state index contributed by atoms with van der Waals surface area (Å²) in [5, 5.41) is 0. The van der Waals surface area contributed by atoms with E-state index in [0.29, 0.717) is 0 Å². The molecule has 0 aliphatic heterocycles. The number of rotatable bonds is 0. The van der Waals surface area contributed by atoms with Crippen LogP contribution in [0.1, 0.15) is 0 Å². The van der Waals surface area contributed by atoms with Crippen molar-refractivity contribution in [2.75, 3.05) is 0 Å². The van der Waals surface area contributed by atoms with Gasteiger partial charge >= 0.3 is 84.8 Å². The molecule has 4 nitrogen and oxygen atoms in total. The maximum absolute atomic E-state index is 8.74. The monoisotopic (exact) mass is 178 g/mol. The van der Waals surface area contributed by atoms with E-state index in [0.717, 1.165) is 0 Å². The van der Waals surface area contributed by atoms with E-state index in [2.05, 4.69) is 0 Å². The summed E-state index contributed by atoms with van der Waals surface area (Å²) < 4.78 is 31.6. The minimum Gasteiger partial charge on any atom is 0.316 e. The molecule has 0 aliphatic rings. The van der Waals surface area contributed by atoms with Crippen molar-refractivity contribution in [2.45, 2.75) is 0 Å². The zero-order chi connectivity index (χ0) is 4.50. The summed E-state index contributed by atoms with van der Waals surface area (Å²) in [7, 11) is -4.67. The largest absolute Gasteiger partial charge is 0.316 e. The second kappa shape index (κ2) is 9.34. The molecular weight excluding hydrogens is 170 g/mol. The van der Waals surface area contributed by atoms with Crippen LogP contribution >= 0.6 is 0 Å². The van der Waals surface area contributed by atoms with Gasteiger partial charge in [-0.05, 0) is 0 Å². The molecule has 0 radical (unpaired) electrons. The maximum atomic E-state index is 8.74. The zero-order valence-corrected chi connectivity index (χ0v) is 2.94. The Morgan fingerprint density at radius 3 is 1.12 bits per heavy atom. The topological polar surface area (TPSA) is 74.6 Å². The van der Waals surface area contributed by atoms with Gasteiger partial charge in [-0.3, -0.25) is 9.11 Å². The van der Waals surface area contributed by atoms with Crippen LogP contribution in [-0.2, 0) is 10.4 Å². The number of hydrogen-bond donors (Lipinski definition) is 2. The van der Waals surface area contributed by atoms with Gasteiger partial charge in [0.25, 0.3) is 0 Å². The fourth-order valence-electron chi connectivity index (χ4n) is 0. The van der Waals surface area contributed by atoms with E-state index in [1.165, 1.54) is 0 Å². The molecule has 2 N–H and O–H groups in total. The average molecular weight is 178 g/mol. The fraction of sp³-hybridized carbons (Fsp3) is 0. The van der Waals surface area contributed by atoms with Crippen LogP contribution < -0.4 is 0 Å². The molecule has 0 bridgehead atoms. The van der Waals surface area contributed by atoms with Crippen LogP contribution in [0.2, 0.25) is 0 Å². The van der Waals surface area contributed by atoms with Crippen molar-refractivity contribution in [1.82, 2.24) is 0 Å². The van der Waals surface area contributed by atoms with Gasteiger partial charge in [0.15, 0.2) is 0 Å². The first-order chi connectivity index (χ1) is 2.00. The third kappa shape index (κ3) is 82.2. The Bertz CT molecular complexity index is 99.2. The number of hydrogen-bond acceptors (Lipinski definition) is 2. The van der Waals surface area contributed by atoms with E-state index >= 15 is 0 Å². The summed E-state index contributed by atoms with van der Waals surface area (Å²) in [6.07, 6.45) is 0. The Labute approximate surface area is 109 Å². The molecule has 0 amide bonds. The molecule has 0 unspecified atom stereocenters. The van der Waals surface area contributed by atoms with Crippen LogP contribution in [0, 0.1) is 0 Å². The average Bonchev–Trinajstić information content (AvgIpc) is 0.722. The molecule has 0 aliphatic carbocycles. The van der Waals surface area contributed by atoms with Gasteiger partial charge < -0.3 is 0 Å². The molecule has 8 heteroatoms. The van der Waals surface area contributed by atoms with Gasteiger partial charge in [0.05, 0.1) is 8.41 Å². The van der Waals surface area contributed by atoms with Crippen LogP contribution in [0.3, 0.4) is 0 Å². The minimum absolute atomic E-state index is 0. The molecule has 0 atom stereocenters. The maximum Gasteiger partial charge on any atom is 0.316 e. The minimum atomic E-state index is -4.67. The second-order valence-electron chi connectivity index (χ2n) is 0.448. The molecule has 44 valence electrons. The first-order valence-corrected chi connectivity index (χ1v) is 2.10. The van der Waals surface area contributed by atoms with Gasteiger partial charge in [0.2, 0.25) is 0 Å². The first kappa shape index (κ1) is 22.4. The van der Waals surface area contributed by atoms with Gasteiger partial charge in [0, 0.05) is 0 Å². The van der Waals surface area contributed by atoms with E-state index in [1.807, 2.05) is 0 Å². The summed E-state index contributed by atoms with van der Waals surface area (Å²) in [5.74, 6) is 0. The normalized spacial score (nSPS) is 7.25. The van der Waals surface area contributed by atoms with Crippen LogP contribution in [-0.4, -0.2) is 100 Å². The molecule has 0 aromatic carbocycles. The van der Waals surface area contributed by atoms with E-state index in [1.54, 1.807) is 0 Å². The van der Waals surface area contributed by atoms with Gasteiger partial charge in [-0.25, -0.2) is 0 Å². The van der Waals surface area contributed by atoms with Gasteiger partial charge in [-0.2, -0.15) is 8.42 Å². The van der Waals surface area contributed by atoms with E-state index in [9.17, 15) is 0 Å². The van der Waals surface area contributed by atoms with Crippen molar-refractivity contribution < 1.29 is 17.5 Å². The van der Waals surface area contributed by atoms with Gasteiger partial charge in [-0.15, -0.1) is 0 Å². The molecule has 0 heterocycles. The quantitative estimate of drug-likeness (QED) is 0.299. The predicted molar refractivity (Wildman–Crippen MR) is 39.8 cm³/mol. The summed E-state index contributed by atoms with van der Waals surface area (Å²) in [6.45, 7) is 0. The van der Waals surface area contributed by atoms with Crippen LogP contribution in [0.25, 0.3) is 0 Å². The van der Waals surface area contributed by atoms with Crippen molar-refractivity contribution in [3.63, 3.8) is 0 Å². The van der Waals surface area contributed by atoms with Crippen molar-refractivity contribution in [3.05, 3.63) is 0 Å². The van der Waals surface area contributed by atoms with Crippen molar-refractivity contribution in [1.29, 1.82) is 0 Å². The van der Waals surface area contributed by atoms with Crippen LogP contribution in [0.4, 0.5) is 0 Å². The predicted octanol–water partition coefficient (Wildman–Crippen LogP) is -3.40. The fourth-order valence-corrected chi connectivity index (χ4v) is 0. The summed E-state index contributed by atoms with van der Waals surface area (Å²) in [5.41, 5.74) is 0. The standard InChI is InChI=1S/BH3.K.Mg.H2O4S.3H/c;;;1-5(2,3)4;;;/h1H3;;;(H2,1,2,3,4);;;. The van der Waals surface area contributed by atoms with Crippen LogP contribution in [0.5, 0.6) is 0 Å². The van der Waals surface area contributed by atoms with Crippen molar-refractivity contribution >= 4 is 93.2 Å². The summed E-state index contributed by atoms with van der Waals surface area (Å²) >= 11 is 0. The molecule has 0 aromatic heterocycles. The molecule has 0 aromatic rings. The molecule has 0 saturated carbocycles. The molecule has 8 heavy (non-hydrogen) atoms. The summed E-state index contributed by atoms with van der Waals surface area (Å²) in [4.78, 5) is 0. The van der Waals surface area contributed by atoms with Crippen LogP contribution in [0.15, 0.2) is 0 Å². The third-order valence-corrected chi connectivity index (χ3v) is 0. The van der Waals surface area contributed by atoms with Crippen molar-refractivity contribution in [3.8, 4) is 0 Å². The Morgan fingerprint density at radius 1 is 1.12 bits per heavy atom. The molecule has 0 fully saturated rings. The SMILES string of the molecule is B.O=S(=O)(O)O.[KH].[MgH2]. The Kier molecular flexibility index (Phi) is 26.2. The van der Waals surface area contributed by atoms with E-state index < -0.39 is 10.4 Å². The Balaban J connectivity index is -0.0000000267. The molecule has 0 saturated heterocycles. The van der Waals surface area contributed by atoms with E-state index in [4.69, 9.17) is 17.5 Å². The summed E-state index contributed by atoms with van der Waals surface area (Å²) in [6, 6.07) is 0. The van der Waals surface area contributed by atoms with Gasteiger partial charge in [0.1, 0.15) is 0 Å². The Hall–Kier alpha value is 2.34. The van der Waals surface area contributed by atoms with E-state index in [-0.39, 0.29) is 82.9 Å². The zero-order valence-electron chi connectivity index (χ0n) is 2.12. The first-order valence-electron chi connectivity index (χ1n) is 0.698. The van der Waals surface area contributed by atoms with Gasteiger partial charge in [-0.1, -0.05) is 0 Å². The Morgan fingerprint density at radius 2 is 1.12 bits per heavy atom. The third-order valence-electron chi connectivity index (χ3n) is 0. The molecule has 0 rings (SSSR count). The van der Waals surface area contributed by atoms with Crippen molar-refractivity contribution in [2.24, 2.45) is 0 Å². The molecule has 0 spiro atoms.